The monoisotopic (exact) mass is 366 g/mol. The van der Waals surface area contributed by atoms with Crippen LogP contribution in [0.3, 0.4) is 0 Å². The summed E-state index contributed by atoms with van der Waals surface area (Å²) in [4.78, 5) is 21.1. The number of hydrogen-bond donors (Lipinski definition) is 0. The molecular formula is C20H22N4OS. The molecule has 0 atom stereocenters. The van der Waals surface area contributed by atoms with Gasteiger partial charge < -0.3 is 0 Å². The summed E-state index contributed by atoms with van der Waals surface area (Å²) < 4.78 is 1.72. The summed E-state index contributed by atoms with van der Waals surface area (Å²) in [6.45, 7) is 0. The molecule has 26 heavy (non-hydrogen) atoms. The predicted molar refractivity (Wildman–Crippen MR) is 104 cm³/mol. The normalized spacial score (nSPS) is 15.4. The van der Waals surface area contributed by atoms with Crippen molar-refractivity contribution in [2.45, 2.75) is 43.0 Å². The number of aromatic nitrogens is 4. The first-order valence-corrected chi connectivity index (χ1v) is 10.1. The van der Waals surface area contributed by atoms with E-state index in [9.17, 15) is 4.79 Å². The zero-order valence-corrected chi connectivity index (χ0v) is 15.7. The van der Waals surface area contributed by atoms with E-state index in [0.29, 0.717) is 11.7 Å². The van der Waals surface area contributed by atoms with Crippen LogP contribution in [0, 0.1) is 0 Å². The van der Waals surface area contributed by atoms with Gasteiger partial charge in [-0.3, -0.25) is 9.48 Å². The second kappa shape index (κ2) is 7.58. The average molecular weight is 366 g/mol. The number of aryl methyl sites for hydroxylation is 1. The van der Waals surface area contributed by atoms with Crippen molar-refractivity contribution in [2.24, 2.45) is 7.05 Å². The lowest BCUT2D eigenvalue weighted by atomic mass is 9.84. The molecule has 0 N–H and O–H groups in total. The van der Waals surface area contributed by atoms with Crippen LogP contribution < -0.4 is 0 Å². The van der Waals surface area contributed by atoms with Crippen LogP contribution in [0.4, 0.5) is 0 Å². The van der Waals surface area contributed by atoms with E-state index in [0.717, 1.165) is 21.6 Å². The van der Waals surface area contributed by atoms with Gasteiger partial charge in [-0.1, -0.05) is 55.3 Å². The largest absolute Gasteiger partial charge is 0.293 e. The summed E-state index contributed by atoms with van der Waals surface area (Å²) in [6.07, 6.45) is 9.83. The molecule has 3 aromatic rings. The van der Waals surface area contributed by atoms with Gasteiger partial charge >= 0.3 is 0 Å². The molecule has 5 nitrogen and oxygen atoms in total. The van der Waals surface area contributed by atoms with Crippen LogP contribution in [0.1, 0.15) is 53.9 Å². The Kier molecular flexibility index (Phi) is 5.02. The van der Waals surface area contributed by atoms with Gasteiger partial charge in [-0.25, -0.2) is 9.97 Å². The number of ketones is 1. The van der Waals surface area contributed by atoms with Gasteiger partial charge in [0.2, 0.25) is 0 Å². The van der Waals surface area contributed by atoms with Crippen LogP contribution in [-0.4, -0.2) is 31.3 Å². The maximum absolute atomic E-state index is 12.6. The summed E-state index contributed by atoms with van der Waals surface area (Å²) in [5, 5.41) is 5.90. The minimum absolute atomic E-state index is 0.126. The van der Waals surface area contributed by atoms with Gasteiger partial charge in [-0.2, -0.15) is 5.10 Å². The third-order valence-electron chi connectivity index (χ3n) is 5.14. The Morgan fingerprint density at radius 3 is 2.69 bits per heavy atom. The Balaban J connectivity index is 1.43. The smallest absolute Gasteiger partial charge is 0.173 e. The number of carbonyl (C=O) groups is 1. The number of Topliss-reactive ketones (excluding diaryl/α,β-unsaturated/α-hetero) is 1. The van der Waals surface area contributed by atoms with Crippen LogP contribution in [0.5, 0.6) is 0 Å². The van der Waals surface area contributed by atoms with Gasteiger partial charge in [0.15, 0.2) is 11.4 Å². The van der Waals surface area contributed by atoms with Gasteiger partial charge in [-0.05, 0) is 24.3 Å². The van der Waals surface area contributed by atoms with Crippen LogP contribution in [-0.2, 0) is 7.05 Å². The highest BCUT2D eigenvalue weighted by Gasteiger charge is 2.16. The van der Waals surface area contributed by atoms with Gasteiger partial charge in [0.05, 0.1) is 17.3 Å². The molecule has 134 valence electrons. The van der Waals surface area contributed by atoms with E-state index in [1.165, 1.54) is 55.8 Å². The van der Waals surface area contributed by atoms with Crippen molar-refractivity contribution in [1.82, 2.24) is 19.7 Å². The second-order valence-corrected chi connectivity index (χ2v) is 7.82. The second-order valence-electron chi connectivity index (χ2n) is 6.85. The van der Waals surface area contributed by atoms with Gasteiger partial charge in [0.25, 0.3) is 0 Å². The lowest BCUT2D eigenvalue weighted by Gasteiger charge is -2.22. The molecule has 0 unspecified atom stereocenters. The maximum atomic E-state index is 12.6. The summed E-state index contributed by atoms with van der Waals surface area (Å²) in [7, 11) is 1.85. The quantitative estimate of drug-likeness (QED) is 0.381. The molecule has 0 radical (unpaired) electrons. The first-order valence-electron chi connectivity index (χ1n) is 9.11. The zero-order valence-electron chi connectivity index (χ0n) is 14.9. The molecule has 4 rings (SSSR count). The summed E-state index contributed by atoms with van der Waals surface area (Å²) >= 11 is 1.44. The van der Waals surface area contributed by atoms with Crippen molar-refractivity contribution >= 4 is 28.6 Å². The molecule has 1 fully saturated rings. The van der Waals surface area contributed by atoms with E-state index in [2.05, 4.69) is 27.2 Å². The molecule has 0 aliphatic heterocycles. The fourth-order valence-electron chi connectivity index (χ4n) is 3.65. The van der Waals surface area contributed by atoms with Gasteiger partial charge in [-0.15, -0.1) is 0 Å². The third-order valence-corrected chi connectivity index (χ3v) is 6.15. The molecule has 6 heteroatoms. The molecule has 0 spiro atoms. The van der Waals surface area contributed by atoms with Crippen molar-refractivity contribution in [3.05, 3.63) is 47.9 Å². The van der Waals surface area contributed by atoms with Crippen LogP contribution in [0.15, 0.2) is 41.8 Å². The highest BCUT2D eigenvalue weighted by atomic mass is 32.2. The lowest BCUT2D eigenvalue weighted by molar-refractivity contribution is 0.102. The molecule has 0 saturated heterocycles. The number of carbonyl (C=O) groups excluding carboxylic acids is 1. The van der Waals surface area contributed by atoms with E-state index < -0.39 is 0 Å². The third kappa shape index (κ3) is 3.51. The minimum Gasteiger partial charge on any atom is -0.293 e. The summed E-state index contributed by atoms with van der Waals surface area (Å²) in [5.41, 5.74) is 2.93. The van der Waals surface area contributed by atoms with Crippen molar-refractivity contribution in [1.29, 1.82) is 0 Å². The molecule has 2 aromatic heterocycles. The van der Waals surface area contributed by atoms with E-state index >= 15 is 0 Å². The Morgan fingerprint density at radius 1 is 1.15 bits per heavy atom. The standard InChI is InChI=1S/C20H22N4OS/c1-24-19-17(11-23-24)20(22-13-21-19)26-12-18(25)16-9-7-15(8-10-16)14-5-3-2-4-6-14/h7-11,13-14H,2-6,12H2,1H3. The van der Waals surface area contributed by atoms with Gasteiger partial charge in [0.1, 0.15) is 11.4 Å². The van der Waals surface area contributed by atoms with Gasteiger partial charge in [0, 0.05) is 12.6 Å². The first-order chi connectivity index (χ1) is 12.7. The van der Waals surface area contributed by atoms with E-state index in [1.54, 1.807) is 10.9 Å². The average Bonchev–Trinajstić information content (AvgIpc) is 3.08. The van der Waals surface area contributed by atoms with Crippen LogP contribution in [0.2, 0.25) is 0 Å². The summed E-state index contributed by atoms with van der Waals surface area (Å²) in [6, 6.07) is 8.23. The number of nitrogens with zero attached hydrogens (tertiary/aromatic N) is 4. The highest BCUT2D eigenvalue weighted by Crippen LogP contribution is 2.32. The molecule has 0 bridgehead atoms. The number of hydrogen-bond acceptors (Lipinski definition) is 5. The number of thioether (sulfide) groups is 1. The molecule has 0 amide bonds. The fraction of sp³-hybridized carbons (Fsp3) is 0.400. The Hall–Kier alpha value is -2.21. The SMILES string of the molecule is Cn1ncc2c(SCC(=O)c3ccc(C4CCCCC4)cc3)ncnc21. The predicted octanol–water partition coefficient (Wildman–Crippen LogP) is 4.39. The minimum atomic E-state index is 0.126. The van der Waals surface area contributed by atoms with E-state index in [1.807, 2.05) is 19.2 Å². The van der Waals surface area contributed by atoms with Crippen LogP contribution in [0.25, 0.3) is 11.0 Å². The number of rotatable bonds is 5. The Morgan fingerprint density at radius 2 is 1.92 bits per heavy atom. The zero-order chi connectivity index (χ0) is 17.9. The fourth-order valence-corrected chi connectivity index (χ4v) is 4.51. The Bertz CT molecular complexity index is 913. The van der Waals surface area contributed by atoms with Crippen LogP contribution >= 0.6 is 11.8 Å². The van der Waals surface area contributed by atoms with Crippen molar-refractivity contribution in [2.75, 3.05) is 5.75 Å². The number of benzene rings is 1. The molecule has 1 saturated carbocycles. The maximum Gasteiger partial charge on any atom is 0.173 e. The molecule has 1 aliphatic carbocycles. The van der Waals surface area contributed by atoms with Crippen molar-refractivity contribution in [3.63, 3.8) is 0 Å². The van der Waals surface area contributed by atoms with E-state index in [4.69, 9.17) is 0 Å². The summed E-state index contributed by atoms with van der Waals surface area (Å²) in [5.74, 6) is 1.16. The Labute approximate surface area is 157 Å². The molecular weight excluding hydrogens is 344 g/mol. The highest BCUT2D eigenvalue weighted by molar-refractivity contribution is 8.00. The lowest BCUT2D eigenvalue weighted by Crippen LogP contribution is -2.06. The van der Waals surface area contributed by atoms with E-state index in [-0.39, 0.29) is 5.78 Å². The first kappa shape index (κ1) is 17.2. The number of fused-ring (bicyclic) bond motifs is 1. The van der Waals surface area contributed by atoms with Crippen molar-refractivity contribution in [3.8, 4) is 0 Å². The molecule has 1 aliphatic rings. The molecule has 2 heterocycles. The topological polar surface area (TPSA) is 60.7 Å². The molecule has 1 aromatic carbocycles. The van der Waals surface area contributed by atoms with Crippen molar-refractivity contribution < 1.29 is 4.79 Å².